The Morgan fingerprint density at radius 3 is 2.62 bits per heavy atom. The third-order valence-electron chi connectivity index (χ3n) is 1.79. The normalized spacial score (nSPS) is 9.62. The number of nitrogens with zero attached hydrogens (tertiary/aromatic N) is 1. The van der Waals surface area contributed by atoms with Gasteiger partial charge in [-0.1, -0.05) is 12.1 Å². The molecule has 0 unspecified atom stereocenters. The highest BCUT2D eigenvalue weighted by molar-refractivity contribution is 6.41. The first-order chi connectivity index (χ1) is 7.52. The molecule has 1 rings (SSSR count). The Labute approximate surface area is 91.0 Å². The summed E-state index contributed by atoms with van der Waals surface area (Å²) in [6.45, 7) is 0. The van der Waals surface area contributed by atoms with Crippen molar-refractivity contribution in [3.05, 3.63) is 39.9 Å². The van der Waals surface area contributed by atoms with Crippen molar-refractivity contribution >= 4 is 18.7 Å². The van der Waals surface area contributed by atoms with Crippen molar-refractivity contribution in [3.8, 4) is 0 Å². The topological polar surface area (TPSA) is 113 Å². The highest BCUT2D eigenvalue weighted by Crippen LogP contribution is 2.16. The number of amides is 1. The Hall–Kier alpha value is -1.93. The first kappa shape index (κ1) is 12.1. The van der Waals surface area contributed by atoms with Crippen LogP contribution >= 0.6 is 0 Å². The van der Waals surface area contributed by atoms with Crippen molar-refractivity contribution in [1.82, 2.24) is 5.32 Å². The lowest BCUT2D eigenvalue weighted by molar-refractivity contribution is -0.385. The number of carbonyl (C=O) groups is 1. The first-order valence-corrected chi connectivity index (χ1v) is 4.40. The van der Waals surface area contributed by atoms with Gasteiger partial charge >= 0.3 is 7.12 Å². The molecule has 0 spiro atoms. The highest BCUT2D eigenvalue weighted by Gasteiger charge is 2.19. The van der Waals surface area contributed by atoms with E-state index < -0.39 is 17.9 Å². The maximum Gasteiger partial charge on any atom is 0.472 e. The zero-order valence-corrected chi connectivity index (χ0v) is 8.16. The number of para-hydroxylation sites is 1. The van der Waals surface area contributed by atoms with Gasteiger partial charge in [0.25, 0.3) is 11.6 Å². The molecule has 0 saturated carbocycles. The molecule has 7 nitrogen and oxygen atoms in total. The number of nitrogens with one attached hydrogen (secondary N) is 1. The Morgan fingerprint density at radius 2 is 2.06 bits per heavy atom. The lowest BCUT2D eigenvalue weighted by Gasteiger charge is -2.04. The largest absolute Gasteiger partial charge is 0.472 e. The molecule has 8 heteroatoms. The quantitative estimate of drug-likeness (QED) is 0.356. The van der Waals surface area contributed by atoms with E-state index >= 15 is 0 Å². The smallest absolute Gasteiger partial charge is 0.426 e. The molecule has 3 N–H and O–H groups in total. The van der Waals surface area contributed by atoms with Crippen LogP contribution in [0.25, 0.3) is 0 Å². The van der Waals surface area contributed by atoms with Gasteiger partial charge in [0.15, 0.2) is 0 Å². The molecular weight excluding hydrogens is 215 g/mol. The Bertz CT molecular complexity index is 409. The maximum absolute atomic E-state index is 11.4. The predicted molar refractivity (Wildman–Crippen MR) is 55.6 cm³/mol. The monoisotopic (exact) mass is 224 g/mol. The molecule has 1 amide bonds. The van der Waals surface area contributed by atoms with Gasteiger partial charge in [-0.3, -0.25) is 14.9 Å². The van der Waals surface area contributed by atoms with Gasteiger partial charge < -0.3 is 15.4 Å². The van der Waals surface area contributed by atoms with Crippen LogP contribution in [-0.4, -0.2) is 34.4 Å². The maximum atomic E-state index is 11.4. The Kier molecular flexibility index (Phi) is 3.98. The Morgan fingerprint density at radius 1 is 1.44 bits per heavy atom. The second-order valence-electron chi connectivity index (χ2n) is 2.96. The van der Waals surface area contributed by atoms with Crippen LogP contribution in [0.4, 0.5) is 5.69 Å². The molecular formula is C8H9BN2O5. The number of hydrogen-bond donors (Lipinski definition) is 3. The molecule has 0 atom stereocenters. The lowest BCUT2D eigenvalue weighted by atomic mass is 9.92. The van der Waals surface area contributed by atoms with E-state index in [9.17, 15) is 14.9 Å². The van der Waals surface area contributed by atoms with E-state index in [0.717, 1.165) is 0 Å². The van der Waals surface area contributed by atoms with Crippen molar-refractivity contribution in [3.63, 3.8) is 0 Å². The van der Waals surface area contributed by atoms with Gasteiger partial charge in [0.1, 0.15) is 5.56 Å². The van der Waals surface area contributed by atoms with Gasteiger partial charge in [-0.2, -0.15) is 0 Å². The van der Waals surface area contributed by atoms with E-state index in [1.165, 1.54) is 24.3 Å². The fourth-order valence-electron chi connectivity index (χ4n) is 1.10. The summed E-state index contributed by atoms with van der Waals surface area (Å²) < 4.78 is 0. The average Bonchev–Trinajstić information content (AvgIpc) is 2.25. The second kappa shape index (κ2) is 5.24. The lowest BCUT2D eigenvalue weighted by Crippen LogP contribution is -2.35. The molecule has 0 radical (unpaired) electrons. The molecule has 16 heavy (non-hydrogen) atoms. The van der Waals surface area contributed by atoms with Crippen molar-refractivity contribution in [1.29, 1.82) is 0 Å². The minimum Gasteiger partial charge on any atom is -0.426 e. The standard InChI is InChI=1S/C8H9BN2O5/c12-8(10-5-9(13)14)6-3-1-2-4-7(6)11(15)16/h1-4,13-14H,5H2,(H,10,12). The fourth-order valence-corrected chi connectivity index (χ4v) is 1.10. The molecule has 0 aliphatic rings. The zero-order chi connectivity index (χ0) is 12.1. The third kappa shape index (κ3) is 3.04. The van der Waals surface area contributed by atoms with E-state index in [-0.39, 0.29) is 17.7 Å². The van der Waals surface area contributed by atoms with E-state index in [1.54, 1.807) is 0 Å². The van der Waals surface area contributed by atoms with Crippen LogP contribution < -0.4 is 5.32 Å². The summed E-state index contributed by atoms with van der Waals surface area (Å²) in [6, 6.07) is 5.41. The minimum atomic E-state index is -1.69. The van der Waals surface area contributed by atoms with E-state index in [0.29, 0.717) is 0 Å². The number of hydrogen-bond acceptors (Lipinski definition) is 5. The van der Waals surface area contributed by atoms with Crippen molar-refractivity contribution in [2.24, 2.45) is 0 Å². The summed E-state index contributed by atoms with van der Waals surface area (Å²) in [7, 11) is -1.69. The number of nitro benzene ring substituents is 1. The zero-order valence-electron chi connectivity index (χ0n) is 8.16. The summed E-state index contributed by atoms with van der Waals surface area (Å²) in [5.41, 5.74) is -0.444. The van der Waals surface area contributed by atoms with Crippen LogP contribution in [0.2, 0.25) is 0 Å². The SMILES string of the molecule is O=C(NCB(O)O)c1ccccc1[N+](=O)[O-]. The van der Waals surface area contributed by atoms with Gasteiger partial charge in [-0.25, -0.2) is 0 Å². The Balaban J connectivity index is 2.86. The summed E-state index contributed by atoms with van der Waals surface area (Å²) >= 11 is 0. The van der Waals surface area contributed by atoms with Gasteiger partial charge in [0.2, 0.25) is 0 Å². The number of benzene rings is 1. The van der Waals surface area contributed by atoms with Gasteiger partial charge in [-0.05, 0) is 6.07 Å². The average molecular weight is 224 g/mol. The third-order valence-corrected chi connectivity index (χ3v) is 1.79. The molecule has 1 aromatic rings. The van der Waals surface area contributed by atoms with Crippen LogP contribution in [0.3, 0.4) is 0 Å². The van der Waals surface area contributed by atoms with Crippen LogP contribution in [-0.2, 0) is 0 Å². The second-order valence-corrected chi connectivity index (χ2v) is 2.96. The minimum absolute atomic E-state index is 0.117. The molecule has 1 aromatic carbocycles. The number of rotatable bonds is 4. The number of nitro groups is 1. The van der Waals surface area contributed by atoms with Crippen molar-refractivity contribution < 1.29 is 19.8 Å². The first-order valence-electron chi connectivity index (χ1n) is 4.40. The number of carbonyl (C=O) groups excluding carboxylic acids is 1. The van der Waals surface area contributed by atoms with Crippen molar-refractivity contribution in [2.45, 2.75) is 0 Å². The molecule has 0 aliphatic heterocycles. The van der Waals surface area contributed by atoms with E-state index in [2.05, 4.69) is 5.32 Å². The van der Waals surface area contributed by atoms with Crippen molar-refractivity contribution in [2.75, 3.05) is 6.44 Å². The summed E-state index contributed by atoms with van der Waals surface area (Å²) in [6.07, 6.45) is -0.384. The molecule has 84 valence electrons. The molecule has 0 aliphatic carbocycles. The van der Waals surface area contributed by atoms with Gasteiger partial charge in [-0.15, -0.1) is 0 Å². The van der Waals surface area contributed by atoms with Crippen LogP contribution in [0.5, 0.6) is 0 Å². The predicted octanol–water partition coefficient (Wildman–Crippen LogP) is -0.663. The fraction of sp³-hybridized carbons (Fsp3) is 0.125. The summed E-state index contributed by atoms with van der Waals surface area (Å²) in [5.74, 6) is -0.722. The summed E-state index contributed by atoms with van der Waals surface area (Å²) in [4.78, 5) is 21.4. The van der Waals surface area contributed by atoms with Crippen LogP contribution in [0.1, 0.15) is 10.4 Å². The molecule has 0 heterocycles. The van der Waals surface area contributed by atoms with Gasteiger partial charge in [0.05, 0.1) is 11.4 Å². The molecule has 0 saturated heterocycles. The van der Waals surface area contributed by atoms with E-state index in [4.69, 9.17) is 10.0 Å². The van der Waals surface area contributed by atoms with Crippen LogP contribution in [0, 0.1) is 10.1 Å². The van der Waals surface area contributed by atoms with E-state index in [1.807, 2.05) is 0 Å². The summed E-state index contributed by atoms with van der Waals surface area (Å²) in [5, 5.41) is 29.8. The molecule has 0 bridgehead atoms. The van der Waals surface area contributed by atoms with Crippen LogP contribution in [0.15, 0.2) is 24.3 Å². The van der Waals surface area contributed by atoms with Gasteiger partial charge in [0, 0.05) is 6.07 Å². The highest BCUT2D eigenvalue weighted by atomic mass is 16.6. The molecule has 0 aromatic heterocycles. The molecule has 0 fully saturated rings.